The average molecular weight is 281 g/mol. The molecule has 80 valence electrons. The molecule has 1 heteroatoms. The second-order valence-corrected chi connectivity index (χ2v) is 4.31. The van der Waals surface area contributed by atoms with Gasteiger partial charge in [0.2, 0.25) is 0 Å². The minimum Gasteiger partial charge on any atom is -0.0616 e. The van der Waals surface area contributed by atoms with Crippen LogP contribution in [0.1, 0.15) is 5.56 Å². The van der Waals surface area contributed by atoms with E-state index in [4.69, 9.17) is 0 Å². The first kappa shape index (κ1) is 10.4. The lowest BCUT2D eigenvalue weighted by Gasteiger charge is -2.06. The Balaban J connectivity index is 2.59. The van der Waals surface area contributed by atoms with Gasteiger partial charge < -0.3 is 0 Å². The lowest BCUT2D eigenvalue weighted by Crippen LogP contribution is -1.83. The number of benzene rings is 3. The van der Waals surface area contributed by atoms with Gasteiger partial charge in [0, 0.05) is 21.5 Å². The van der Waals surface area contributed by atoms with Crippen LogP contribution in [-0.4, -0.2) is 0 Å². The van der Waals surface area contributed by atoms with E-state index in [1.54, 1.807) is 0 Å². The van der Waals surface area contributed by atoms with Crippen LogP contribution in [0, 0.1) is 10.8 Å². The first-order chi connectivity index (χ1) is 8.40. The topological polar surface area (TPSA) is 0 Å². The van der Waals surface area contributed by atoms with Crippen LogP contribution in [0.3, 0.4) is 0 Å². The van der Waals surface area contributed by atoms with Crippen molar-refractivity contribution in [2.45, 2.75) is 0 Å². The van der Waals surface area contributed by atoms with Crippen molar-refractivity contribution in [2.75, 3.05) is 0 Å². The summed E-state index contributed by atoms with van der Waals surface area (Å²) in [5.41, 5.74) is 1.09. The summed E-state index contributed by atoms with van der Waals surface area (Å²) in [5.74, 6) is 3.16. The molecule has 0 N–H and O–H groups in total. The van der Waals surface area contributed by atoms with Gasteiger partial charge in [-0.3, -0.25) is 0 Å². The van der Waals surface area contributed by atoms with Crippen molar-refractivity contribution < 1.29 is 0 Å². The normalized spacial score (nSPS) is 10.2. The third kappa shape index (κ3) is 1.71. The van der Waals surface area contributed by atoms with Crippen LogP contribution >= 0.6 is 15.9 Å². The third-order valence-corrected chi connectivity index (χ3v) is 3.14. The van der Waals surface area contributed by atoms with Gasteiger partial charge in [0.25, 0.3) is 0 Å². The zero-order valence-electron chi connectivity index (χ0n) is 9.07. The molecule has 3 aromatic rings. The fraction of sp³-hybridized carbons (Fsp3) is 0. The highest BCUT2D eigenvalue weighted by molar-refractivity contribution is 9.12. The van der Waals surface area contributed by atoms with Crippen molar-refractivity contribution in [1.29, 1.82) is 0 Å². The maximum Gasteiger partial charge on any atom is 0.0411 e. The predicted molar refractivity (Wildman–Crippen MR) is 77.3 cm³/mol. The van der Waals surface area contributed by atoms with E-state index in [2.05, 4.69) is 81.3 Å². The molecule has 0 amide bonds. The Morgan fingerprint density at radius 3 is 1.82 bits per heavy atom. The molecule has 0 aliphatic heterocycles. The van der Waals surface area contributed by atoms with E-state index < -0.39 is 0 Å². The number of fused-ring (bicyclic) bond motifs is 2. The van der Waals surface area contributed by atoms with Gasteiger partial charge in [0.15, 0.2) is 0 Å². The van der Waals surface area contributed by atoms with Crippen molar-refractivity contribution in [2.24, 2.45) is 0 Å². The molecule has 0 atom stereocenters. The molecule has 0 aliphatic carbocycles. The van der Waals surface area contributed by atoms with Crippen LogP contribution in [0.15, 0.2) is 54.6 Å². The molecule has 0 fully saturated rings. The minimum absolute atomic E-state index is 1.09. The molecule has 0 saturated carbocycles. The van der Waals surface area contributed by atoms with Crippen molar-refractivity contribution in [1.82, 2.24) is 0 Å². The Hall–Kier alpha value is -1.78. The van der Waals surface area contributed by atoms with E-state index in [9.17, 15) is 0 Å². The third-order valence-electron chi connectivity index (χ3n) is 2.94. The fourth-order valence-corrected chi connectivity index (χ4v) is 2.39. The molecule has 0 heterocycles. The molecule has 0 bridgehead atoms. The van der Waals surface area contributed by atoms with Crippen LogP contribution in [0.25, 0.3) is 21.5 Å². The van der Waals surface area contributed by atoms with Gasteiger partial charge >= 0.3 is 0 Å². The maximum atomic E-state index is 3.20. The molecule has 0 aromatic heterocycles. The van der Waals surface area contributed by atoms with Gasteiger partial charge in [-0.05, 0) is 32.4 Å². The lowest BCUT2D eigenvalue weighted by molar-refractivity contribution is 1.74. The molecule has 3 aromatic carbocycles. The minimum atomic E-state index is 1.09. The lowest BCUT2D eigenvalue weighted by atomic mass is 9.97. The van der Waals surface area contributed by atoms with Crippen LogP contribution in [0.4, 0.5) is 0 Å². The van der Waals surface area contributed by atoms with Crippen molar-refractivity contribution in [3.63, 3.8) is 0 Å². The summed E-state index contributed by atoms with van der Waals surface area (Å²) in [7, 11) is 0. The molecule has 0 aliphatic rings. The smallest absolute Gasteiger partial charge is 0.0411 e. The Morgan fingerprint density at radius 1 is 0.765 bits per heavy atom. The summed E-state index contributed by atoms with van der Waals surface area (Å²) in [6, 6.07) is 18.9. The van der Waals surface area contributed by atoms with E-state index >= 15 is 0 Å². The van der Waals surface area contributed by atoms with Crippen molar-refractivity contribution in [3.8, 4) is 10.8 Å². The van der Waals surface area contributed by atoms with E-state index in [-0.39, 0.29) is 0 Å². The number of hydrogen-bond donors (Lipinski definition) is 0. The molecule has 0 spiro atoms. The second kappa shape index (κ2) is 4.24. The van der Waals surface area contributed by atoms with E-state index in [1.165, 1.54) is 21.5 Å². The predicted octanol–water partition coefficient (Wildman–Crippen LogP) is 4.70. The largest absolute Gasteiger partial charge is 0.0616 e. The van der Waals surface area contributed by atoms with Crippen LogP contribution in [0.2, 0.25) is 0 Å². The Morgan fingerprint density at radius 2 is 1.29 bits per heavy atom. The number of hydrogen-bond acceptors (Lipinski definition) is 0. The molecule has 0 nitrogen and oxygen atoms in total. The van der Waals surface area contributed by atoms with E-state index in [1.807, 2.05) is 0 Å². The zero-order chi connectivity index (χ0) is 11.7. The zero-order valence-corrected chi connectivity index (χ0v) is 10.7. The van der Waals surface area contributed by atoms with Crippen LogP contribution < -0.4 is 0 Å². The van der Waals surface area contributed by atoms with Gasteiger partial charge in [0.05, 0.1) is 0 Å². The summed E-state index contributed by atoms with van der Waals surface area (Å²) in [6.07, 6.45) is 0. The van der Waals surface area contributed by atoms with Gasteiger partial charge in [-0.15, -0.1) is 0 Å². The van der Waals surface area contributed by atoms with Crippen molar-refractivity contribution in [3.05, 3.63) is 60.2 Å². The SMILES string of the molecule is BrC#Cc1c2ccccc2cc2ccccc12. The van der Waals surface area contributed by atoms with Gasteiger partial charge in [-0.1, -0.05) is 54.5 Å². The summed E-state index contributed by atoms with van der Waals surface area (Å²) >= 11 is 3.20. The highest BCUT2D eigenvalue weighted by Crippen LogP contribution is 2.27. The van der Waals surface area contributed by atoms with Gasteiger partial charge in [-0.2, -0.15) is 0 Å². The molecule has 0 radical (unpaired) electrons. The first-order valence-electron chi connectivity index (χ1n) is 5.42. The Kier molecular flexibility index (Phi) is 2.59. The second-order valence-electron chi connectivity index (χ2n) is 3.91. The van der Waals surface area contributed by atoms with E-state index in [0.29, 0.717) is 0 Å². The monoisotopic (exact) mass is 280 g/mol. The summed E-state index contributed by atoms with van der Waals surface area (Å²) in [4.78, 5) is 2.83. The summed E-state index contributed by atoms with van der Waals surface area (Å²) in [6.45, 7) is 0. The molecule has 0 saturated heterocycles. The Labute approximate surface area is 108 Å². The molecular weight excluding hydrogens is 272 g/mol. The quantitative estimate of drug-likeness (QED) is 0.414. The highest BCUT2D eigenvalue weighted by atomic mass is 79.9. The maximum absolute atomic E-state index is 3.20. The van der Waals surface area contributed by atoms with Gasteiger partial charge in [0.1, 0.15) is 0 Å². The standard InChI is InChI=1S/C16H9Br/c17-10-9-16-14-7-3-1-5-12(14)11-13-6-2-4-8-15(13)16/h1-8,11H. The molecule has 17 heavy (non-hydrogen) atoms. The van der Waals surface area contributed by atoms with Gasteiger partial charge in [-0.25, -0.2) is 0 Å². The van der Waals surface area contributed by atoms with Crippen LogP contribution in [0.5, 0.6) is 0 Å². The van der Waals surface area contributed by atoms with Crippen molar-refractivity contribution >= 4 is 37.5 Å². The molecule has 0 unspecified atom stereocenters. The molecular formula is C16H9Br. The first-order valence-corrected chi connectivity index (χ1v) is 6.21. The van der Waals surface area contributed by atoms with Crippen LogP contribution in [-0.2, 0) is 0 Å². The van der Waals surface area contributed by atoms with E-state index in [0.717, 1.165) is 5.56 Å². The molecule has 3 rings (SSSR count). The fourth-order valence-electron chi connectivity index (χ4n) is 2.20. The highest BCUT2D eigenvalue weighted by Gasteiger charge is 2.04. The Bertz CT molecular complexity index is 706. The summed E-state index contributed by atoms with van der Waals surface area (Å²) < 4.78 is 0. The average Bonchev–Trinajstić information content (AvgIpc) is 2.39. The summed E-state index contributed by atoms with van der Waals surface area (Å²) in [5, 5.41) is 4.88. The number of halogens is 1. The number of rotatable bonds is 0.